The molecule has 0 saturated heterocycles. The molecule has 6 heteroatoms. The van der Waals surface area contributed by atoms with Gasteiger partial charge in [-0.05, 0) is 6.92 Å². The minimum atomic E-state index is -2.61. The SMILES string of the molecule is COC(O)(O)c1oc(=O)oc1C. The van der Waals surface area contributed by atoms with Gasteiger partial charge in [0.2, 0.25) is 5.76 Å². The highest BCUT2D eigenvalue weighted by atomic mass is 16.8. The van der Waals surface area contributed by atoms with Crippen molar-refractivity contribution in [1.29, 1.82) is 0 Å². The normalized spacial score (nSPS) is 12.0. The lowest BCUT2D eigenvalue weighted by Gasteiger charge is -2.15. The van der Waals surface area contributed by atoms with Gasteiger partial charge in [0.1, 0.15) is 0 Å². The molecule has 0 aliphatic rings. The van der Waals surface area contributed by atoms with E-state index in [1.54, 1.807) is 0 Å². The molecule has 0 fully saturated rings. The Morgan fingerprint density at radius 3 is 2.33 bits per heavy atom. The van der Waals surface area contributed by atoms with Crippen LogP contribution in [0, 0.1) is 6.92 Å². The van der Waals surface area contributed by atoms with Gasteiger partial charge in [-0.25, -0.2) is 4.79 Å². The van der Waals surface area contributed by atoms with Crippen LogP contribution in [0.25, 0.3) is 0 Å². The van der Waals surface area contributed by atoms with Crippen LogP contribution in [0.15, 0.2) is 13.6 Å². The second kappa shape index (κ2) is 2.74. The van der Waals surface area contributed by atoms with E-state index in [-0.39, 0.29) is 5.76 Å². The zero-order chi connectivity index (χ0) is 9.35. The first-order valence-corrected chi connectivity index (χ1v) is 3.08. The molecule has 1 aromatic heterocycles. The van der Waals surface area contributed by atoms with E-state index in [1.807, 2.05) is 0 Å². The third-order valence-corrected chi connectivity index (χ3v) is 1.32. The van der Waals surface area contributed by atoms with Crippen molar-refractivity contribution in [3.05, 3.63) is 22.1 Å². The van der Waals surface area contributed by atoms with Gasteiger partial charge < -0.3 is 23.8 Å². The summed E-state index contributed by atoms with van der Waals surface area (Å²) in [6, 6.07) is 0. The minimum Gasteiger partial charge on any atom is -0.396 e. The van der Waals surface area contributed by atoms with Crippen LogP contribution < -0.4 is 5.82 Å². The van der Waals surface area contributed by atoms with E-state index in [9.17, 15) is 4.79 Å². The van der Waals surface area contributed by atoms with Crippen molar-refractivity contribution >= 4 is 0 Å². The molecule has 0 aromatic carbocycles. The van der Waals surface area contributed by atoms with Gasteiger partial charge in [-0.3, -0.25) is 0 Å². The first kappa shape index (κ1) is 8.98. The number of ether oxygens (including phenoxy) is 1. The van der Waals surface area contributed by atoms with E-state index in [2.05, 4.69) is 13.6 Å². The molecule has 0 aliphatic carbocycles. The second-order valence-electron chi connectivity index (χ2n) is 2.15. The van der Waals surface area contributed by atoms with Crippen LogP contribution in [0.4, 0.5) is 0 Å². The van der Waals surface area contributed by atoms with E-state index < -0.39 is 17.6 Å². The Balaban J connectivity index is 3.18. The van der Waals surface area contributed by atoms with Crippen LogP contribution in [-0.2, 0) is 10.7 Å². The van der Waals surface area contributed by atoms with E-state index >= 15 is 0 Å². The highest BCUT2D eigenvalue weighted by molar-refractivity contribution is 5.04. The van der Waals surface area contributed by atoms with Gasteiger partial charge in [0.15, 0.2) is 5.76 Å². The Bertz CT molecular complexity index is 319. The molecular weight excluding hydrogens is 168 g/mol. The molecule has 1 aromatic rings. The van der Waals surface area contributed by atoms with E-state index in [0.29, 0.717) is 0 Å². The molecule has 0 aliphatic heterocycles. The average molecular weight is 176 g/mol. The van der Waals surface area contributed by atoms with Crippen molar-refractivity contribution in [3.8, 4) is 0 Å². The predicted molar refractivity (Wildman–Crippen MR) is 35.1 cm³/mol. The van der Waals surface area contributed by atoms with Crippen molar-refractivity contribution in [2.24, 2.45) is 0 Å². The molecule has 0 unspecified atom stereocenters. The fourth-order valence-electron chi connectivity index (χ4n) is 0.736. The quantitative estimate of drug-likeness (QED) is 0.578. The number of aliphatic hydroxyl groups is 2. The van der Waals surface area contributed by atoms with Gasteiger partial charge in [-0.15, -0.1) is 0 Å². The van der Waals surface area contributed by atoms with Gasteiger partial charge in [0.25, 0.3) is 0 Å². The average Bonchev–Trinajstić information content (AvgIpc) is 2.31. The fourth-order valence-corrected chi connectivity index (χ4v) is 0.736. The van der Waals surface area contributed by atoms with E-state index in [1.165, 1.54) is 6.92 Å². The Kier molecular flexibility index (Phi) is 2.05. The Morgan fingerprint density at radius 1 is 1.42 bits per heavy atom. The number of hydrogen-bond acceptors (Lipinski definition) is 6. The van der Waals surface area contributed by atoms with Crippen LogP contribution in [-0.4, -0.2) is 17.3 Å². The van der Waals surface area contributed by atoms with Crippen molar-refractivity contribution in [3.63, 3.8) is 0 Å². The molecule has 0 bridgehead atoms. The summed E-state index contributed by atoms with van der Waals surface area (Å²) >= 11 is 0. The summed E-state index contributed by atoms with van der Waals surface area (Å²) in [5.74, 6) is -4.11. The molecule has 0 spiro atoms. The van der Waals surface area contributed by atoms with Gasteiger partial charge in [-0.1, -0.05) is 0 Å². The highest BCUT2D eigenvalue weighted by Gasteiger charge is 2.34. The summed E-state index contributed by atoms with van der Waals surface area (Å²) in [6.07, 6.45) is 0. The summed E-state index contributed by atoms with van der Waals surface area (Å²) in [5, 5.41) is 18.1. The van der Waals surface area contributed by atoms with Crippen molar-refractivity contribution in [2.75, 3.05) is 7.11 Å². The molecule has 0 saturated carbocycles. The third kappa shape index (κ3) is 1.40. The lowest BCUT2D eigenvalue weighted by molar-refractivity contribution is -0.348. The first-order valence-electron chi connectivity index (χ1n) is 3.08. The largest absolute Gasteiger partial charge is 0.519 e. The minimum absolute atomic E-state index is 0.0353. The molecule has 0 radical (unpaired) electrons. The smallest absolute Gasteiger partial charge is 0.396 e. The maximum atomic E-state index is 10.5. The number of aryl methyl sites for hydroxylation is 1. The van der Waals surface area contributed by atoms with Gasteiger partial charge >= 0.3 is 11.8 Å². The van der Waals surface area contributed by atoms with Crippen LogP contribution in [0.5, 0.6) is 0 Å². The monoisotopic (exact) mass is 176 g/mol. The van der Waals surface area contributed by atoms with Crippen LogP contribution in [0.3, 0.4) is 0 Å². The molecule has 0 atom stereocenters. The predicted octanol–water partition coefficient (Wildman–Crippen LogP) is -0.717. The van der Waals surface area contributed by atoms with Gasteiger partial charge in [-0.2, -0.15) is 0 Å². The third-order valence-electron chi connectivity index (χ3n) is 1.32. The zero-order valence-electron chi connectivity index (χ0n) is 6.53. The van der Waals surface area contributed by atoms with Crippen molar-refractivity contribution < 1.29 is 23.8 Å². The molecule has 68 valence electrons. The van der Waals surface area contributed by atoms with Crippen LogP contribution in [0.2, 0.25) is 0 Å². The Labute approximate surface area is 67.0 Å². The van der Waals surface area contributed by atoms with Crippen molar-refractivity contribution in [1.82, 2.24) is 0 Å². The van der Waals surface area contributed by atoms with E-state index in [4.69, 9.17) is 10.2 Å². The molecule has 12 heavy (non-hydrogen) atoms. The number of methoxy groups -OCH3 is 1. The molecule has 1 rings (SSSR count). The summed E-state index contributed by atoms with van der Waals surface area (Å²) in [4.78, 5) is 10.5. The van der Waals surface area contributed by atoms with E-state index in [0.717, 1.165) is 7.11 Å². The van der Waals surface area contributed by atoms with Gasteiger partial charge in [0.05, 0.1) is 0 Å². The summed E-state index contributed by atoms with van der Waals surface area (Å²) in [7, 11) is 1.05. The molecule has 6 nitrogen and oxygen atoms in total. The van der Waals surface area contributed by atoms with Crippen LogP contribution in [0.1, 0.15) is 11.5 Å². The zero-order valence-corrected chi connectivity index (χ0v) is 6.53. The Morgan fingerprint density at radius 2 is 2.00 bits per heavy atom. The lowest BCUT2D eigenvalue weighted by atomic mass is 10.3. The standard InChI is InChI=1S/C6H8O6/c1-3-4(6(8,9)10-2)12-5(7)11-3/h8-9H,1-2H3. The summed E-state index contributed by atoms with van der Waals surface area (Å²) in [6.45, 7) is 1.35. The lowest BCUT2D eigenvalue weighted by Crippen LogP contribution is -2.27. The molecule has 2 N–H and O–H groups in total. The molecule has 0 amide bonds. The van der Waals surface area contributed by atoms with Crippen molar-refractivity contribution in [2.45, 2.75) is 12.9 Å². The fraction of sp³-hybridized carbons (Fsp3) is 0.500. The second-order valence-corrected chi connectivity index (χ2v) is 2.15. The summed E-state index contributed by atoms with van der Waals surface area (Å²) < 4.78 is 12.9. The summed E-state index contributed by atoms with van der Waals surface area (Å²) in [5.41, 5.74) is 0. The number of rotatable bonds is 2. The first-order chi connectivity index (χ1) is 5.47. The Hall–Kier alpha value is -1.11. The van der Waals surface area contributed by atoms with Crippen LogP contribution >= 0.6 is 0 Å². The maximum absolute atomic E-state index is 10.5. The topological polar surface area (TPSA) is 93.0 Å². The highest BCUT2D eigenvalue weighted by Crippen LogP contribution is 2.20. The molecular formula is C6H8O6. The van der Waals surface area contributed by atoms with Gasteiger partial charge in [0, 0.05) is 7.11 Å². The maximum Gasteiger partial charge on any atom is 0.519 e. The molecule has 1 heterocycles. The number of hydrogen-bond donors (Lipinski definition) is 2.